The fraction of sp³-hybridized carbons (Fsp3) is 0.481. The number of nitrogens with zero attached hydrogens (tertiary/aromatic N) is 4. The molecule has 7 nitrogen and oxygen atoms in total. The predicted molar refractivity (Wildman–Crippen MR) is 136 cm³/mol. The highest BCUT2D eigenvalue weighted by molar-refractivity contribution is 5.87. The van der Waals surface area contributed by atoms with Crippen LogP contribution in [-0.4, -0.2) is 34.7 Å². The third kappa shape index (κ3) is 6.89. The molecule has 0 aliphatic carbocycles. The minimum atomic E-state index is -0.419. The summed E-state index contributed by atoms with van der Waals surface area (Å²) in [5.74, 6) is 5.34. The first-order valence-corrected chi connectivity index (χ1v) is 12.0. The minimum Gasteiger partial charge on any atom is -0.328 e. The van der Waals surface area contributed by atoms with Crippen LogP contribution in [0, 0.1) is 5.92 Å². The number of hydrogen-bond acceptors (Lipinski definition) is 4. The standard InChI is InChI=1S/C27H39N5O2/c1-7-8-13-26(34)32(27(19(2)3)21(5)33)18-22-14-16-23(17-15-22)25-12-10-9-11-24(25)20(4)31(6)30-29-28/h9-12,14-17,19-20,27H,7-8,13,18H2,1-6H3,(H2,28,30)/t20?,27-/m0/s1. The zero-order valence-electron chi connectivity index (χ0n) is 21.4. The first kappa shape index (κ1) is 27.0. The zero-order valence-corrected chi connectivity index (χ0v) is 21.4. The van der Waals surface area contributed by atoms with Gasteiger partial charge in [0.15, 0.2) is 5.78 Å². The number of amides is 1. The van der Waals surface area contributed by atoms with Crippen molar-refractivity contribution >= 4 is 11.7 Å². The molecule has 1 unspecified atom stereocenters. The number of Topliss-reactive ketones (excluding diaryl/α,β-unsaturated/α-hetero) is 1. The summed E-state index contributed by atoms with van der Waals surface area (Å²) in [4.78, 5) is 27.2. The van der Waals surface area contributed by atoms with E-state index in [1.807, 2.05) is 45.2 Å². The maximum absolute atomic E-state index is 13.0. The molecule has 7 heteroatoms. The van der Waals surface area contributed by atoms with Gasteiger partial charge in [-0.2, -0.15) is 0 Å². The van der Waals surface area contributed by atoms with Gasteiger partial charge >= 0.3 is 0 Å². The smallest absolute Gasteiger partial charge is 0.223 e. The Labute approximate surface area is 204 Å². The maximum Gasteiger partial charge on any atom is 0.223 e. The van der Waals surface area contributed by atoms with E-state index in [0.29, 0.717) is 13.0 Å². The molecule has 34 heavy (non-hydrogen) atoms. The third-order valence-corrected chi connectivity index (χ3v) is 6.23. The van der Waals surface area contributed by atoms with E-state index in [-0.39, 0.29) is 23.7 Å². The molecule has 184 valence electrons. The van der Waals surface area contributed by atoms with Crippen molar-refractivity contribution in [3.8, 4) is 11.1 Å². The van der Waals surface area contributed by atoms with Gasteiger partial charge in [0.2, 0.25) is 5.91 Å². The number of benzene rings is 2. The molecule has 2 atom stereocenters. The van der Waals surface area contributed by atoms with Gasteiger partial charge in [-0.3, -0.25) is 14.6 Å². The Hall–Kier alpha value is -3.22. The lowest BCUT2D eigenvalue weighted by Gasteiger charge is -2.33. The highest BCUT2D eigenvalue weighted by Gasteiger charge is 2.29. The SMILES string of the molecule is CCCCC(=O)N(Cc1ccc(-c2ccccc2C(C)N(C)N=NN)cc1)[C@H](C(C)=O)C(C)C. The van der Waals surface area contributed by atoms with E-state index in [0.717, 1.165) is 35.1 Å². The number of carbonyl (C=O) groups excluding carboxylic acids is 2. The summed E-state index contributed by atoms with van der Waals surface area (Å²) in [5, 5.41) is 9.05. The number of unbranched alkanes of at least 4 members (excludes halogenated alkanes) is 1. The average Bonchev–Trinajstić information content (AvgIpc) is 2.81. The maximum atomic E-state index is 13.0. The number of hydrogen-bond donors (Lipinski definition) is 1. The van der Waals surface area contributed by atoms with Crippen LogP contribution in [0.2, 0.25) is 0 Å². The Balaban J connectivity index is 2.34. The van der Waals surface area contributed by atoms with Crippen LogP contribution in [-0.2, 0) is 16.1 Å². The van der Waals surface area contributed by atoms with Crippen molar-refractivity contribution in [2.24, 2.45) is 22.2 Å². The molecule has 0 aliphatic heterocycles. The van der Waals surface area contributed by atoms with Gasteiger partial charge in [-0.05, 0) is 48.4 Å². The summed E-state index contributed by atoms with van der Waals surface area (Å²) < 4.78 is 0. The first-order chi connectivity index (χ1) is 16.2. The number of nitrogens with two attached hydrogens (primary N) is 1. The van der Waals surface area contributed by atoms with Gasteiger partial charge in [0, 0.05) is 20.0 Å². The van der Waals surface area contributed by atoms with Crippen LogP contribution in [0.4, 0.5) is 0 Å². The number of ketones is 1. The van der Waals surface area contributed by atoms with Crippen molar-refractivity contribution in [2.45, 2.75) is 72.5 Å². The van der Waals surface area contributed by atoms with Gasteiger partial charge in [-0.15, -0.1) is 0 Å². The first-order valence-electron chi connectivity index (χ1n) is 12.0. The van der Waals surface area contributed by atoms with Crippen molar-refractivity contribution in [3.05, 3.63) is 59.7 Å². The molecular weight excluding hydrogens is 426 g/mol. The molecule has 0 bridgehead atoms. The molecule has 0 aromatic heterocycles. The third-order valence-electron chi connectivity index (χ3n) is 6.23. The van der Waals surface area contributed by atoms with E-state index in [1.54, 1.807) is 16.8 Å². The molecule has 1 amide bonds. The molecule has 2 aromatic rings. The van der Waals surface area contributed by atoms with Crippen molar-refractivity contribution in [1.82, 2.24) is 9.91 Å². The molecule has 2 rings (SSSR count). The van der Waals surface area contributed by atoms with Crippen molar-refractivity contribution in [1.29, 1.82) is 0 Å². The van der Waals surface area contributed by atoms with E-state index in [2.05, 4.69) is 48.6 Å². The van der Waals surface area contributed by atoms with Gasteiger partial charge in [0.05, 0.1) is 12.1 Å². The van der Waals surface area contributed by atoms with E-state index in [4.69, 9.17) is 5.84 Å². The lowest BCUT2D eigenvalue weighted by Crippen LogP contribution is -2.46. The van der Waals surface area contributed by atoms with Crippen LogP contribution in [0.3, 0.4) is 0 Å². The van der Waals surface area contributed by atoms with E-state index >= 15 is 0 Å². The lowest BCUT2D eigenvalue weighted by atomic mass is 9.94. The normalized spacial score (nSPS) is 13.1. The lowest BCUT2D eigenvalue weighted by molar-refractivity contribution is -0.141. The Morgan fingerprint density at radius 2 is 1.68 bits per heavy atom. The Morgan fingerprint density at radius 3 is 2.24 bits per heavy atom. The zero-order chi connectivity index (χ0) is 25.3. The quantitative estimate of drug-likeness (QED) is 0.246. The van der Waals surface area contributed by atoms with Gasteiger partial charge in [-0.1, -0.05) is 86.2 Å². The monoisotopic (exact) mass is 465 g/mol. The molecule has 0 saturated heterocycles. The number of rotatable bonds is 12. The largest absolute Gasteiger partial charge is 0.328 e. The second kappa shape index (κ2) is 12.9. The van der Waals surface area contributed by atoms with Gasteiger partial charge in [0.25, 0.3) is 0 Å². The summed E-state index contributed by atoms with van der Waals surface area (Å²) in [5.41, 5.74) is 4.28. The number of carbonyl (C=O) groups is 2. The molecule has 0 saturated carbocycles. The molecule has 0 aliphatic rings. The van der Waals surface area contributed by atoms with Crippen LogP contribution in [0.15, 0.2) is 59.0 Å². The van der Waals surface area contributed by atoms with E-state index in [1.165, 1.54) is 0 Å². The van der Waals surface area contributed by atoms with Crippen molar-refractivity contribution in [3.63, 3.8) is 0 Å². The van der Waals surface area contributed by atoms with Gasteiger partial charge in [-0.25, -0.2) is 0 Å². The molecule has 2 N–H and O–H groups in total. The van der Waals surface area contributed by atoms with Crippen molar-refractivity contribution in [2.75, 3.05) is 7.05 Å². The Kier molecular flexibility index (Phi) is 10.2. The highest BCUT2D eigenvalue weighted by Crippen LogP contribution is 2.31. The molecule has 0 fully saturated rings. The minimum absolute atomic E-state index is 0.0165. The summed E-state index contributed by atoms with van der Waals surface area (Å²) in [7, 11) is 1.84. The summed E-state index contributed by atoms with van der Waals surface area (Å²) in [6.45, 7) is 10.1. The average molecular weight is 466 g/mol. The molecule has 2 aromatic carbocycles. The van der Waals surface area contributed by atoms with Crippen LogP contribution in [0.5, 0.6) is 0 Å². The predicted octanol–water partition coefficient (Wildman–Crippen LogP) is 5.72. The Bertz CT molecular complexity index is 971. The van der Waals surface area contributed by atoms with Gasteiger partial charge in [0.1, 0.15) is 0 Å². The summed E-state index contributed by atoms with van der Waals surface area (Å²) in [6, 6.07) is 16.0. The second-order valence-corrected chi connectivity index (χ2v) is 9.16. The highest BCUT2D eigenvalue weighted by atomic mass is 16.2. The Morgan fingerprint density at radius 1 is 1.03 bits per heavy atom. The fourth-order valence-corrected chi connectivity index (χ4v) is 4.33. The van der Waals surface area contributed by atoms with Crippen LogP contribution in [0.1, 0.15) is 71.0 Å². The van der Waals surface area contributed by atoms with Gasteiger partial charge < -0.3 is 10.7 Å². The fourth-order valence-electron chi connectivity index (χ4n) is 4.33. The topological polar surface area (TPSA) is 91.4 Å². The van der Waals surface area contributed by atoms with E-state index in [9.17, 15) is 9.59 Å². The van der Waals surface area contributed by atoms with Crippen LogP contribution in [0.25, 0.3) is 11.1 Å². The molecule has 0 radical (unpaired) electrons. The summed E-state index contributed by atoms with van der Waals surface area (Å²) >= 11 is 0. The molecule has 0 spiro atoms. The van der Waals surface area contributed by atoms with Crippen LogP contribution >= 0.6 is 0 Å². The second-order valence-electron chi connectivity index (χ2n) is 9.16. The van der Waals surface area contributed by atoms with Crippen molar-refractivity contribution < 1.29 is 9.59 Å². The molecule has 0 heterocycles. The summed E-state index contributed by atoms with van der Waals surface area (Å²) in [6.07, 6.45) is 2.23. The molecular formula is C27H39N5O2. The van der Waals surface area contributed by atoms with Crippen LogP contribution < -0.4 is 5.84 Å². The van der Waals surface area contributed by atoms with E-state index < -0.39 is 6.04 Å².